The molecule has 1 N–H and O–H groups in total. The largest absolute Gasteiger partial charge is 0.360 e. The number of ether oxygens (including phenoxy) is 1. The fourth-order valence-electron chi connectivity index (χ4n) is 3.01. The second-order valence-corrected chi connectivity index (χ2v) is 4.82. The molecule has 0 aliphatic carbocycles. The number of amides is 1. The van der Waals surface area contributed by atoms with Crippen LogP contribution in [0.25, 0.3) is 0 Å². The predicted molar refractivity (Wildman–Crippen MR) is 47.0 cm³/mol. The third-order valence-electron chi connectivity index (χ3n) is 3.67. The fourth-order valence-corrected chi connectivity index (χ4v) is 3.01. The molecule has 3 rings (SSSR count). The molecule has 2 saturated heterocycles. The zero-order valence-corrected chi connectivity index (χ0v) is 7.83. The van der Waals surface area contributed by atoms with Gasteiger partial charge in [-0.3, -0.25) is 4.79 Å². The molecule has 0 aromatic heterocycles. The Balaban J connectivity index is 2.16. The summed E-state index contributed by atoms with van der Waals surface area (Å²) in [6.07, 6.45) is 4.28. The van der Waals surface area contributed by atoms with Crippen molar-refractivity contribution in [2.24, 2.45) is 11.3 Å². The number of hydrogen-bond donors (Lipinski definition) is 1. The van der Waals surface area contributed by atoms with E-state index in [1.54, 1.807) is 0 Å². The summed E-state index contributed by atoms with van der Waals surface area (Å²) in [5.41, 5.74) is -0.361. The van der Waals surface area contributed by atoms with Crippen LogP contribution < -0.4 is 5.32 Å². The van der Waals surface area contributed by atoms with Gasteiger partial charge in [-0.25, -0.2) is 0 Å². The van der Waals surface area contributed by atoms with Crippen LogP contribution in [0.3, 0.4) is 0 Å². The molecule has 0 saturated carbocycles. The third-order valence-corrected chi connectivity index (χ3v) is 3.67. The highest BCUT2D eigenvalue weighted by atomic mass is 16.5. The van der Waals surface area contributed by atoms with Gasteiger partial charge in [-0.1, -0.05) is 26.0 Å². The van der Waals surface area contributed by atoms with Crippen molar-refractivity contribution < 1.29 is 9.53 Å². The Morgan fingerprint density at radius 1 is 1.62 bits per heavy atom. The topological polar surface area (TPSA) is 38.3 Å². The lowest BCUT2D eigenvalue weighted by molar-refractivity contribution is -0.125. The number of fused-ring (bicyclic) bond motifs is 1. The average molecular weight is 179 g/mol. The normalized spacial score (nSPS) is 49.5. The van der Waals surface area contributed by atoms with Crippen molar-refractivity contribution in [1.29, 1.82) is 0 Å². The maximum Gasteiger partial charge on any atom is 0.227 e. The Morgan fingerprint density at radius 2 is 2.38 bits per heavy atom. The van der Waals surface area contributed by atoms with E-state index in [4.69, 9.17) is 4.74 Å². The summed E-state index contributed by atoms with van der Waals surface area (Å²) in [4.78, 5) is 11.6. The molecule has 1 amide bonds. The molecule has 0 radical (unpaired) electrons. The molecule has 0 aromatic carbocycles. The first-order valence-corrected chi connectivity index (χ1v) is 4.71. The van der Waals surface area contributed by atoms with Crippen molar-refractivity contribution in [1.82, 2.24) is 5.32 Å². The van der Waals surface area contributed by atoms with Gasteiger partial charge in [0.1, 0.15) is 5.60 Å². The maximum atomic E-state index is 11.6. The molecule has 3 atom stereocenters. The van der Waals surface area contributed by atoms with E-state index in [0.717, 1.165) is 0 Å². The zero-order valence-electron chi connectivity index (χ0n) is 7.83. The molecule has 0 aromatic rings. The highest BCUT2D eigenvalue weighted by Crippen LogP contribution is 2.55. The van der Waals surface area contributed by atoms with Crippen molar-refractivity contribution in [3.63, 3.8) is 0 Å². The van der Waals surface area contributed by atoms with Gasteiger partial charge in [-0.05, 0) is 0 Å². The molecule has 3 aliphatic heterocycles. The fraction of sp³-hybridized carbons (Fsp3) is 0.700. The molecule has 3 heterocycles. The number of hydrogen-bond acceptors (Lipinski definition) is 2. The second kappa shape index (κ2) is 1.82. The first kappa shape index (κ1) is 7.56. The van der Waals surface area contributed by atoms with Crippen molar-refractivity contribution in [3.8, 4) is 0 Å². The Kier molecular flexibility index (Phi) is 1.06. The van der Waals surface area contributed by atoms with Crippen molar-refractivity contribution in [2.75, 3.05) is 6.54 Å². The lowest BCUT2D eigenvalue weighted by Crippen LogP contribution is -2.40. The van der Waals surface area contributed by atoms with Gasteiger partial charge in [-0.2, -0.15) is 0 Å². The third kappa shape index (κ3) is 0.645. The quantitative estimate of drug-likeness (QED) is 0.549. The number of carbonyl (C=O) groups is 1. The molecular formula is C10H13NO2. The Morgan fingerprint density at radius 3 is 3.08 bits per heavy atom. The molecule has 70 valence electrons. The summed E-state index contributed by atoms with van der Waals surface area (Å²) >= 11 is 0. The van der Waals surface area contributed by atoms with Gasteiger partial charge in [0.25, 0.3) is 0 Å². The predicted octanol–water partition coefficient (Wildman–Crippen LogP) is 0.466. The summed E-state index contributed by atoms with van der Waals surface area (Å²) in [6.45, 7) is 4.86. The van der Waals surface area contributed by atoms with Gasteiger partial charge >= 0.3 is 0 Å². The molecule has 3 aliphatic rings. The second-order valence-electron chi connectivity index (χ2n) is 4.82. The standard InChI is InChI=1S/C10H13NO2/c1-9(2)6-3-4-10(13-6)5-11-8(12)7(9)10/h3-4,6-7H,5H2,1-2H3,(H,11,12). The van der Waals surface area contributed by atoms with Crippen LogP contribution in [0, 0.1) is 11.3 Å². The summed E-state index contributed by atoms with van der Waals surface area (Å²) in [7, 11) is 0. The van der Waals surface area contributed by atoms with E-state index in [9.17, 15) is 4.79 Å². The lowest BCUT2D eigenvalue weighted by atomic mass is 9.68. The molecule has 2 fully saturated rings. The van der Waals surface area contributed by atoms with Crippen LogP contribution in [0.15, 0.2) is 12.2 Å². The molecule has 2 bridgehead atoms. The van der Waals surface area contributed by atoms with Gasteiger partial charge < -0.3 is 10.1 Å². The number of carbonyl (C=O) groups excluding carboxylic acids is 1. The van der Waals surface area contributed by atoms with Gasteiger partial charge in [-0.15, -0.1) is 0 Å². The van der Waals surface area contributed by atoms with Crippen LogP contribution in [-0.2, 0) is 9.53 Å². The monoisotopic (exact) mass is 179 g/mol. The van der Waals surface area contributed by atoms with Crippen LogP contribution in [-0.4, -0.2) is 24.2 Å². The van der Waals surface area contributed by atoms with E-state index in [2.05, 4.69) is 31.3 Å². The van der Waals surface area contributed by atoms with Gasteiger partial charge in [0, 0.05) is 5.41 Å². The Hall–Kier alpha value is -0.830. The van der Waals surface area contributed by atoms with E-state index in [-0.39, 0.29) is 28.9 Å². The van der Waals surface area contributed by atoms with Crippen LogP contribution in [0.1, 0.15) is 13.8 Å². The highest BCUT2D eigenvalue weighted by molar-refractivity contribution is 5.85. The maximum absolute atomic E-state index is 11.6. The summed E-state index contributed by atoms with van der Waals surface area (Å²) in [5.74, 6) is 0.159. The van der Waals surface area contributed by atoms with Crippen molar-refractivity contribution in [2.45, 2.75) is 25.6 Å². The molecular weight excluding hydrogens is 166 g/mol. The zero-order chi connectivity index (χ0) is 9.27. The summed E-state index contributed by atoms with van der Waals surface area (Å²) in [5, 5.41) is 2.88. The minimum Gasteiger partial charge on any atom is -0.360 e. The van der Waals surface area contributed by atoms with Gasteiger partial charge in [0.2, 0.25) is 5.91 Å². The smallest absolute Gasteiger partial charge is 0.227 e. The summed E-state index contributed by atoms with van der Waals surface area (Å²) in [6, 6.07) is 0. The minimum atomic E-state index is -0.314. The molecule has 1 spiro atoms. The number of rotatable bonds is 0. The van der Waals surface area contributed by atoms with Gasteiger partial charge in [0.15, 0.2) is 0 Å². The number of nitrogens with one attached hydrogen (secondary N) is 1. The molecule has 3 heteroatoms. The first-order valence-electron chi connectivity index (χ1n) is 4.71. The van der Waals surface area contributed by atoms with Crippen LogP contribution >= 0.6 is 0 Å². The van der Waals surface area contributed by atoms with Crippen LogP contribution in [0.4, 0.5) is 0 Å². The highest BCUT2D eigenvalue weighted by Gasteiger charge is 2.66. The van der Waals surface area contributed by atoms with Gasteiger partial charge in [0.05, 0.1) is 18.6 Å². The van der Waals surface area contributed by atoms with Crippen molar-refractivity contribution in [3.05, 3.63) is 12.2 Å². The molecule has 13 heavy (non-hydrogen) atoms. The SMILES string of the molecule is CC1(C)C2C=CC3(CNC(=O)C31)O2. The first-order chi connectivity index (χ1) is 6.06. The minimum absolute atomic E-state index is 0.00926. The summed E-state index contributed by atoms with van der Waals surface area (Å²) < 4.78 is 5.88. The molecule has 3 nitrogen and oxygen atoms in total. The van der Waals surface area contributed by atoms with E-state index >= 15 is 0 Å². The lowest BCUT2D eigenvalue weighted by Gasteiger charge is -2.30. The van der Waals surface area contributed by atoms with Crippen LogP contribution in [0.5, 0.6) is 0 Å². The van der Waals surface area contributed by atoms with E-state index in [1.165, 1.54) is 0 Å². The average Bonchev–Trinajstić information content (AvgIpc) is 2.63. The van der Waals surface area contributed by atoms with Crippen LogP contribution in [0.2, 0.25) is 0 Å². The Bertz CT molecular complexity index is 321. The van der Waals surface area contributed by atoms with E-state index in [1.807, 2.05) is 0 Å². The van der Waals surface area contributed by atoms with E-state index < -0.39 is 0 Å². The van der Waals surface area contributed by atoms with E-state index in [0.29, 0.717) is 6.54 Å². The van der Waals surface area contributed by atoms with Crippen molar-refractivity contribution >= 4 is 5.91 Å². The Labute approximate surface area is 77.1 Å². The molecule has 3 unspecified atom stereocenters.